The van der Waals surface area contributed by atoms with E-state index in [1.807, 2.05) is 30.3 Å². The van der Waals surface area contributed by atoms with E-state index < -0.39 is 0 Å². The summed E-state index contributed by atoms with van der Waals surface area (Å²) in [5.74, 6) is 0.938. The second kappa shape index (κ2) is 11.2. The van der Waals surface area contributed by atoms with Crippen molar-refractivity contribution < 1.29 is 14.3 Å². The lowest BCUT2D eigenvalue weighted by Crippen LogP contribution is -2.19. The van der Waals surface area contributed by atoms with Gasteiger partial charge in [0, 0.05) is 4.47 Å². The molecule has 0 saturated carbocycles. The van der Waals surface area contributed by atoms with Crippen molar-refractivity contribution in [2.24, 2.45) is 5.10 Å². The number of carbonyl (C=O) groups excluding carboxylic acids is 1. The first kappa shape index (κ1) is 20.7. The van der Waals surface area contributed by atoms with Crippen LogP contribution < -0.4 is 14.9 Å². The average Bonchev–Trinajstić information content (AvgIpc) is 2.68. The zero-order valence-corrected chi connectivity index (χ0v) is 16.9. The van der Waals surface area contributed by atoms with Crippen LogP contribution in [0.15, 0.2) is 64.7 Å². The monoisotopic (exact) mass is 430 g/mol. The molecular weight excluding hydrogens is 408 g/mol. The zero-order chi connectivity index (χ0) is 19.5. The topological polar surface area (TPSA) is 59.9 Å². The van der Waals surface area contributed by atoms with E-state index in [-0.39, 0.29) is 5.91 Å². The van der Waals surface area contributed by atoms with E-state index in [2.05, 4.69) is 40.0 Å². The van der Waals surface area contributed by atoms with E-state index in [9.17, 15) is 4.79 Å². The van der Waals surface area contributed by atoms with Crippen LogP contribution in [-0.2, 0) is 0 Å². The van der Waals surface area contributed by atoms with Crippen molar-refractivity contribution in [3.8, 4) is 11.5 Å². The van der Waals surface area contributed by atoms with E-state index in [0.717, 1.165) is 28.6 Å². The Bertz CT molecular complexity index is 789. The van der Waals surface area contributed by atoms with Gasteiger partial charge in [0.1, 0.15) is 18.1 Å². The van der Waals surface area contributed by atoms with Gasteiger partial charge in [-0.15, -0.1) is 0 Å². The molecule has 0 unspecified atom stereocenters. The van der Waals surface area contributed by atoms with E-state index in [1.165, 1.54) is 0 Å². The van der Waals surface area contributed by atoms with Gasteiger partial charge in [0.25, 0.3) is 5.91 Å². The molecule has 6 heteroatoms. The van der Waals surface area contributed by atoms with E-state index in [1.54, 1.807) is 24.4 Å². The lowest BCUT2D eigenvalue weighted by Gasteiger charge is -2.09. The van der Waals surface area contributed by atoms with Gasteiger partial charge in [-0.25, -0.2) is 5.43 Å². The summed E-state index contributed by atoms with van der Waals surface area (Å²) in [6.07, 6.45) is 5.33. The van der Waals surface area contributed by atoms with Crippen LogP contribution in [0.4, 0.5) is 0 Å². The Hall–Kier alpha value is -2.60. The van der Waals surface area contributed by atoms with Gasteiger partial charge in [0.2, 0.25) is 0 Å². The molecule has 5 nitrogen and oxygen atoms in total. The number of unbranched alkanes of at least 4 members (excludes halogenated alkanes) is 1. The van der Waals surface area contributed by atoms with E-state index >= 15 is 0 Å². The Balaban J connectivity index is 1.96. The molecule has 0 bridgehead atoms. The van der Waals surface area contributed by atoms with Crippen LogP contribution in [0.25, 0.3) is 0 Å². The van der Waals surface area contributed by atoms with Gasteiger partial charge >= 0.3 is 0 Å². The highest BCUT2D eigenvalue weighted by Gasteiger charge is 2.12. The molecule has 0 heterocycles. The molecule has 0 saturated heterocycles. The Labute approximate surface area is 168 Å². The fraction of sp³-hybridized carbons (Fsp3) is 0.238. The number of nitrogens with one attached hydrogen (secondary N) is 1. The van der Waals surface area contributed by atoms with E-state index in [4.69, 9.17) is 9.47 Å². The molecule has 1 amide bonds. The maximum absolute atomic E-state index is 12.4. The number of hydrazone groups is 1. The summed E-state index contributed by atoms with van der Waals surface area (Å²) in [5.41, 5.74) is 3.77. The minimum absolute atomic E-state index is 0.317. The third kappa shape index (κ3) is 6.90. The average molecular weight is 431 g/mol. The Morgan fingerprint density at radius 1 is 1.22 bits per heavy atom. The third-order valence-corrected chi connectivity index (χ3v) is 4.06. The van der Waals surface area contributed by atoms with Crippen LogP contribution >= 0.6 is 15.9 Å². The minimum atomic E-state index is -0.355. The van der Waals surface area contributed by atoms with Crippen molar-refractivity contribution in [3.05, 3.63) is 70.7 Å². The SMILES string of the molecule is C=CCOc1ccc(Br)cc1C(=O)N/N=C\c1ccc(OCCCC)cc1. The molecule has 0 aliphatic rings. The van der Waals surface area contributed by atoms with E-state index in [0.29, 0.717) is 24.5 Å². The molecular formula is C21H23BrN2O3. The Kier molecular flexibility index (Phi) is 8.58. The number of hydrogen-bond donors (Lipinski definition) is 1. The van der Waals surface area contributed by atoms with Crippen molar-refractivity contribution in [3.63, 3.8) is 0 Å². The molecule has 0 aromatic heterocycles. The second-order valence-corrected chi connectivity index (χ2v) is 6.63. The van der Waals surface area contributed by atoms with Crippen molar-refractivity contribution in [2.75, 3.05) is 13.2 Å². The highest BCUT2D eigenvalue weighted by Crippen LogP contribution is 2.23. The molecule has 0 spiro atoms. The van der Waals surface area contributed by atoms with Gasteiger partial charge < -0.3 is 9.47 Å². The second-order valence-electron chi connectivity index (χ2n) is 5.71. The van der Waals surface area contributed by atoms with Gasteiger partial charge in [-0.1, -0.05) is 41.9 Å². The van der Waals surface area contributed by atoms with Gasteiger partial charge in [0.15, 0.2) is 0 Å². The summed E-state index contributed by atoms with van der Waals surface area (Å²) in [4.78, 5) is 12.4. The highest BCUT2D eigenvalue weighted by atomic mass is 79.9. The summed E-state index contributed by atoms with van der Waals surface area (Å²) >= 11 is 3.36. The molecule has 142 valence electrons. The van der Waals surface area contributed by atoms with Crippen LogP contribution in [-0.4, -0.2) is 25.3 Å². The maximum atomic E-state index is 12.4. The van der Waals surface area contributed by atoms with Crippen LogP contribution in [0.2, 0.25) is 0 Å². The minimum Gasteiger partial charge on any atom is -0.494 e. The van der Waals surface area contributed by atoms with Crippen molar-refractivity contribution in [2.45, 2.75) is 19.8 Å². The molecule has 2 aromatic rings. The number of carbonyl (C=O) groups is 1. The fourth-order valence-electron chi connectivity index (χ4n) is 2.16. The number of benzene rings is 2. The highest BCUT2D eigenvalue weighted by molar-refractivity contribution is 9.10. The van der Waals surface area contributed by atoms with Crippen molar-refractivity contribution in [1.82, 2.24) is 5.43 Å². The lowest BCUT2D eigenvalue weighted by molar-refractivity contribution is 0.0951. The number of rotatable bonds is 10. The number of halogens is 1. The van der Waals surface area contributed by atoms with Crippen LogP contribution in [0.1, 0.15) is 35.7 Å². The lowest BCUT2D eigenvalue weighted by atomic mass is 10.2. The summed E-state index contributed by atoms with van der Waals surface area (Å²) in [6.45, 7) is 6.76. The standard InChI is InChI=1S/C21H23BrN2O3/c1-3-5-13-26-18-9-6-16(7-10-18)15-23-24-21(25)19-14-17(22)8-11-20(19)27-12-4-2/h4,6-11,14-15H,2-3,5,12-13H2,1H3,(H,24,25)/b23-15-. The summed E-state index contributed by atoms with van der Waals surface area (Å²) in [6, 6.07) is 12.8. The number of amides is 1. The first-order chi connectivity index (χ1) is 13.1. The summed E-state index contributed by atoms with van der Waals surface area (Å²) < 4.78 is 11.9. The Morgan fingerprint density at radius 2 is 2.00 bits per heavy atom. The molecule has 0 radical (unpaired) electrons. The van der Waals surface area contributed by atoms with Crippen LogP contribution in [0.3, 0.4) is 0 Å². The summed E-state index contributed by atoms with van der Waals surface area (Å²) in [5, 5.41) is 4.02. The molecule has 0 fully saturated rings. The molecule has 0 aliphatic heterocycles. The number of nitrogens with zero attached hydrogens (tertiary/aromatic N) is 1. The van der Waals surface area contributed by atoms with Gasteiger partial charge in [0.05, 0.1) is 18.4 Å². The molecule has 27 heavy (non-hydrogen) atoms. The quantitative estimate of drug-likeness (QED) is 0.251. The van der Waals surface area contributed by atoms with Crippen LogP contribution in [0, 0.1) is 0 Å². The first-order valence-corrected chi connectivity index (χ1v) is 9.53. The van der Waals surface area contributed by atoms with Crippen LogP contribution in [0.5, 0.6) is 11.5 Å². The van der Waals surface area contributed by atoms with Gasteiger partial charge in [-0.2, -0.15) is 5.10 Å². The zero-order valence-electron chi connectivity index (χ0n) is 15.3. The van der Waals surface area contributed by atoms with Crippen molar-refractivity contribution in [1.29, 1.82) is 0 Å². The summed E-state index contributed by atoms with van der Waals surface area (Å²) in [7, 11) is 0. The molecule has 1 N–H and O–H groups in total. The maximum Gasteiger partial charge on any atom is 0.275 e. The first-order valence-electron chi connectivity index (χ1n) is 8.73. The predicted molar refractivity (Wildman–Crippen MR) is 112 cm³/mol. The number of hydrogen-bond acceptors (Lipinski definition) is 4. The third-order valence-electron chi connectivity index (χ3n) is 3.57. The predicted octanol–water partition coefficient (Wildman–Crippen LogP) is 4.96. The fourth-order valence-corrected chi connectivity index (χ4v) is 2.53. The Morgan fingerprint density at radius 3 is 2.70 bits per heavy atom. The molecule has 0 atom stereocenters. The smallest absolute Gasteiger partial charge is 0.275 e. The van der Waals surface area contributed by atoms with Gasteiger partial charge in [-0.05, 0) is 54.4 Å². The normalized spacial score (nSPS) is 10.6. The number of ether oxygens (including phenoxy) is 2. The molecule has 2 rings (SSSR count). The molecule has 2 aromatic carbocycles. The largest absolute Gasteiger partial charge is 0.494 e. The van der Waals surface area contributed by atoms with Gasteiger partial charge in [-0.3, -0.25) is 4.79 Å². The van der Waals surface area contributed by atoms with Crippen molar-refractivity contribution >= 4 is 28.1 Å². The molecule has 0 aliphatic carbocycles.